The summed E-state index contributed by atoms with van der Waals surface area (Å²) in [5, 5.41) is 0.378. The third-order valence-corrected chi connectivity index (χ3v) is 11.9. The molecule has 0 amide bonds. The van der Waals surface area contributed by atoms with Crippen LogP contribution in [-0.4, -0.2) is 34.7 Å². The van der Waals surface area contributed by atoms with Gasteiger partial charge in [0.1, 0.15) is 0 Å². The molecule has 4 heteroatoms. The Balaban J connectivity index is 1.49. The molecule has 41 heavy (non-hydrogen) atoms. The highest BCUT2D eigenvalue weighted by atomic mass is 28.3. The predicted octanol–water partition coefficient (Wildman–Crippen LogP) is 10.5. The van der Waals surface area contributed by atoms with Gasteiger partial charge >= 0.3 is 0 Å². The van der Waals surface area contributed by atoms with E-state index in [4.69, 9.17) is 14.2 Å². The molecule has 0 N–H and O–H groups in total. The van der Waals surface area contributed by atoms with Gasteiger partial charge in [-0.1, -0.05) is 152 Å². The van der Waals surface area contributed by atoms with E-state index in [1.54, 1.807) is 0 Å². The van der Waals surface area contributed by atoms with Gasteiger partial charge in [0.2, 0.25) is 0 Å². The first kappa shape index (κ1) is 35.7. The molecule has 2 rings (SSSR count). The summed E-state index contributed by atoms with van der Waals surface area (Å²) in [6, 6.07) is 21.0. The fourth-order valence-electron chi connectivity index (χ4n) is 4.91. The summed E-state index contributed by atoms with van der Waals surface area (Å²) in [4.78, 5) is 0. The Labute approximate surface area is 255 Å². The van der Waals surface area contributed by atoms with Gasteiger partial charge in [-0.25, -0.2) is 0 Å². The van der Waals surface area contributed by atoms with Crippen LogP contribution in [0.4, 0.5) is 0 Å². The maximum absolute atomic E-state index is 6.59. The van der Waals surface area contributed by atoms with Crippen molar-refractivity contribution in [1.82, 2.24) is 0 Å². The largest absolute Gasteiger partial charge is 0.378 e. The van der Waals surface area contributed by atoms with E-state index in [1.165, 1.54) is 101 Å². The molecule has 0 aliphatic carbocycles. The highest BCUT2D eigenvalue weighted by molar-refractivity contribution is 6.59. The normalized spacial score (nSPS) is 12.0. The average Bonchev–Trinajstić information content (AvgIpc) is 2.98. The minimum Gasteiger partial charge on any atom is -0.378 e. The highest BCUT2D eigenvalue weighted by Crippen LogP contribution is 2.30. The minimum atomic E-state index is -0.730. The predicted molar refractivity (Wildman–Crippen MR) is 179 cm³/mol. The Hall–Kier alpha value is -1.46. The van der Waals surface area contributed by atoms with Gasteiger partial charge in [-0.05, 0) is 41.8 Å². The fraction of sp³-hybridized carbons (Fsp3) is 0.676. The Morgan fingerprint density at radius 2 is 0.951 bits per heavy atom. The van der Waals surface area contributed by atoms with Crippen LogP contribution in [0.25, 0.3) is 0 Å². The quantitative estimate of drug-likeness (QED) is 0.0815. The standard InChI is InChI=1S/C37H62O3Si/c1-37(2,41(3)4)33-40-36(27-19-9-5-7-11-21-29-38-31-34-23-15-13-16-24-34)28-20-10-6-8-12-22-30-39-32-35-25-17-14-18-26-35/h13-18,23-26,36,41H,5-12,19-22,27-33H2,1-4H3. The first-order valence-corrected chi connectivity index (χ1v) is 19.7. The number of ether oxygens (including phenoxy) is 3. The van der Waals surface area contributed by atoms with Crippen LogP contribution in [-0.2, 0) is 27.4 Å². The van der Waals surface area contributed by atoms with Crippen molar-refractivity contribution in [3.63, 3.8) is 0 Å². The van der Waals surface area contributed by atoms with Crippen molar-refractivity contribution in [2.75, 3.05) is 19.8 Å². The van der Waals surface area contributed by atoms with Gasteiger partial charge in [0.15, 0.2) is 0 Å². The van der Waals surface area contributed by atoms with E-state index >= 15 is 0 Å². The molecule has 0 saturated heterocycles. The lowest BCUT2D eigenvalue weighted by Crippen LogP contribution is -2.29. The molecule has 3 nitrogen and oxygen atoms in total. The second-order valence-electron chi connectivity index (χ2n) is 13.0. The SMILES string of the molecule is C[SiH](C)C(C)(C)COC(CCCCCCCCOCc1ccccc1)CCCCCCCCOCc1ccccc1. The summed E-state index contributed by atoms with van der Waals surface area (Å²) in [6.07, 6.45) is 18.4. The van der Waals surface area contributed by atoms with Crippen LogP contribution in [0, 0.1) is 0 Å². The first-order chi connectivity index (χ1) is 20.0. The molecule has 0 aliphatic rings. The monoisotopic (exact) mass is 582 g/mol. The molecular weight excluding hydrogens is 520 g/mol. The Morgan fingerprint density at radius 3 is 1.37 bits per heavy atom. The second-order valence-corrected chi connectivity index (χ2v) is 16.8. The maximum Gasteiger partial charge on any atom is 0.0716 e. The summed E-state index contributed by atoms with van der Waals surface area (Å²) in [7, 11) is -0.730. The molecule has 0 atom stereocenters. The van der Waals surface area contributed by atoms with Crippen molar-refractivity contribution in [3.05, 3.63) is 71.8 Å². The molecule has 0 aromatic heterocycles. The minimum absolute atomic E-state index is 0.378. The third kappa shape index (κ3) is 18.6. The van der Waals surface area contributed by atoms with Crippen molar-refractivity contribution in [2.45, 2.75) is 141 Å². The van der Waals surface area contributed by atoms with Crippen molar-refractivity contribution < 1.29 is 14.2 Å². The molecule has 232 valence electrons. The van der Waals surface area contributed by atoms with Gasteiger partial charge in [-0.3, -0.25) is 0 Å². The first-order valence-electron chi connectivity index (χ1n) is 16.8. The van der Waals surface area contributed by atoms with Crippen LogP contribution in [0.3, 0.4) is 0 Å². The van der Waals surface area contributed by atoms with Crippen molar-refractivity contribution in [2.24, 2.45) is 0 Å². The number of benzene rings is 2. The van der Waals surface area contributed by atoms with Gasteiger partial charge in [-0.2, -0.15) is 0 Å². The molecule has 0 fully saturated rings. The van der Waals surface area contributed by atoms with Crippen molar-refractivity contribution in [1.29, 1.82) is 0 Å². The van der Waals surface area contributed by atoms with E-state index < -0.39 is 8.80 Å². The lowest BCUT2D eigenvalue weighted by molar-refractivity contribution is 0.0249. The van der Waals surface area contributed by atoms with Crippen LogP contribution in [0.5, 0.6) is 0 Å². The summed E-state index contributed by atoms with van der Waals surface area (Å²) in [6.45, 7) is 13.9. The smallest absolute Gasteiger partial charge is 0.0716 e. The third-order valence-electron chi connectivity index (χ3n) is 8.61. The molecule has 2 aromatic rings. The molecule has 0 bridgehead atoms. The van der Waals surface area contributed by atoms with Gasteiger partial charge < -0.3 is 14.2 Å². The van der Waals surface area contributed by atoms with Gasteiger partial charge in [-0.15, -0.1) is 0 Å². The van der Waals surface area contributed by atoms with E-state index in [9.17, 15) is 0 Å². The zero-order valence-electron chi connectivity index (χ0n) is 27.1. The van der Waals surface area contributed by atoms with Crippen LogP contribution >= 0.6 is 0 Å². The molecule has 0 radical (unpaired) electrons. The molecule has 0 heterocycles. The molecule has 0 spiro atoms. The maximum atomic E-state index is 6.59. The van der Waals surface area contributed by atoms with Crippen LogP contribution in [0.1, 0.15) is 115 Å². The van der Waals surface area contributed by atoms with E-state index in [0.29, 0.717) is 11.1 Å². The van der Waals surface area contributed by atoms with E-state index in [1.807, 2.05) is 0 Å². The summed E-state index contributed by atoms with van der Waals surface area (Å²) in [5.74, 6) is 0. The summed E-state index contributed by atoms with van der Waals surface area (Å²) >= 11 is 0. The van der Waals surface area contributed by atoms with Gasteiger partial charge in [0, 0.05) is 28.6 Å². The zero-order valence-corrected chi connectivity index (χ0v) is 28.2. The molecule has 2 aromatic carbocycles. The zero-order chi connectivity index (χ0) is 29.4. The molecular formula is C37H62O3Si. The topological polar surface area (TPSA) is 27.7 Å². The highest BCUT2D eigenvalue weighted by Gasteiger charge is 2.25. The molecule has 0 unspecified atom stereocenters. The fourth-order valence-corrected chi connectivity index (χ4v) is 5.33. The Morgan fingerprint density at radius 1 is 0.561 bits per heavy atom. The van der Waals surface area contributed by atoms with Crippen LogP contribution < -0.4 is 0 Å². The number of hydrogen-bond acceptors (Lipinski definition) is 3. The van der Waals surface area contributed by atoms with Crippen LogP contribution in [0.2, 0.25) is 18.1 Å². The van der Waals surface area contributed by atoms with E-state index in [0.717, 1.165) is 33.0 Å². The number of rotatable bonds is 26. The Kier molecular flexibility index (Phi) is 20.1. The average molecular weight is 583 g/mol. The second kappa shape index (κ2) is 23.0. The Bertz CT molecular complexity index is 780. The number of hydrogen-bond donors (Lipinski definition) is 0. The lowest BCUT2D eigenvalue weighted by atomic mass is 10.0. The lowest BCUT2D eigenvalue weighted by Gasteiger charge is -2.30. The van der Waals surface area contributed by atoms with E-state index in [-0.39, 0.29) is 0 Å². The van der Waals surface area contributed by atoms with Gasteiger partial charge in [0.25, 0.3) is 0 Å². The van der Waals surface area contributed by atoms with Crippen molar-refractivity contribution >= 4 is 8.80 Å². The van der Waals surface area contributed by atoms with Crippen molar-refractivity contribution in [3.8, 4) is 0 Å². The molecule has 0 aliphatic heterocycles. The summed E-state index contributed by atoms with van der Waals surface area (Å²) < 4.78 is 18.2. The van der Waals surface area contributed by atoms with E-state index in [2.05, 4.69) is 87.6 Å². The summed E-state index contributed by atoms with van der Waals surface area (Å²) in [5.41, 5.74) is 2.53. The number of unbranched alkanes of at least 4 members (excludes halogenated alkanes) is 10. The van der Waals surface area contributed by atoms with Gasteiger partial charge in [0.05, 0.1) is 19.3 Å². The molecule has 0 saturated carbocycles. The van der Waals surface area contributed by atoms with Crippen LogP contribution in [0.15, 0.2) is 60.7 Å².